The van der Waals surface area contributed by atoms with Crippen molar-refractivity contribution in [2.45, 2.75) is 91.3 Å². The molecule has 1 aromatic heterocycles. The average molecular weight is 1090 g/mol. The van der Waals surface area contributed by atoms with Crippen molar-refractivity contribution in [1.29, 1.82) is 0 Å². The molecule has 1 aliphatic carbocycles. The van der Waals surface area contributed by atoms with E-state index >= 15 is 0 Å². The largest absolute Gasteiger partial charge is 0.483 e. The van der Waals surface area contributed by atoms with Crippen molar-refractivity contribution in [1.82, 2.24) is 14.9 Å². The van der Waals surface area contributed by atoms with Gasteiger partial charge >= 0.3 is 6.03 Å². The summed E-state index contributed by atoms with van der Waals surface area (Å²) in [6.45, 7) is 13.6. The Morgan fingerprint density at radius 2 is 1.54 bits per heavy atom. The first-order chi connectivity index (χ1) is 37.0. The molecule has 0 radical (unpaired) electrons. The summed E-state index contributed by atoms with van der Waals surface area (Å²) < 4.78 is 18.9. The molecule has 2 bridgehead atoms. The van der Waals surface area contributed by atoms with Crippen LogP contribution in [0.1, 0.15) is 92.1 Å². The molecule has 1 saturated carbocycles. The van der Waals surface area contributed by atoms with Crippen LogP contribution >= 0.6 is 22.9 Å². The van der Waals surface area contributed by atoms with Crippen LogP contribution < -0.4 is 20.3 Å². The number of likely N-dealkylation sites (tertiary alicyclic amines) is 1. The number of aliphatic hydroxyl groups excluding tert-OH is 2. The van der Waals surface area contributed by atoms with E-state index in [1.165, 1.54) is 16.2 Å². The third kappa shape index (κ3) is 15.9. The van der Waals surface area contributed by atoms with Gasteiger partial charge in [0.05, 0.1) is 16.6 Å². The highest BCUT2D eigenvalue weighted by Gasteiger charge is 2.46. The van der Waals surface area contributed by atoms with Gasteiger partial charge in [0.15, 0.2) is 18.3 Å². The topological polar surface area (TPSA) is 230 Å². The third-order valence-corrected chi connectivity index (χ3v) is 14.9. The maximum Gasteiger partial charge on any atom is 0.321 e. The van der Waals surface area contributed by atoms with Crippen molar-refractivity contribution >= 4 is 88.0 Å². The molecule has 3 unspecified atom stereocenters. The number of nitrogens with one attached hydrogen (secondary N) is 2. The van der Waals surface area contributed by atoms with Crippen molar-refractivity contribution in [2.75, 3.05) is 69.6 Å². The molecule has 6 N–H and O–H groups in total. The molecule has 76 heavy (non-hydrogen) atoms. The molecule has 3 atom stereocenters. The number of piperidine rings is 3. The number of fused-ring (bicyclic) bond motifs is 3. The van der Waals surface area contributed by atoms with Crippen LogP contribution in [0.2, 0.25) is 5.02 Å². The fourth-order valence-electron chi connectivity index (χ4n) is 9.99. The number of aldehydes is 3. The molecule has 4 heterocycles. The second-order valence-electron chi connectivity index (χ2n) is 17.4. The SMILES string of the molecule is CC.CC.CO.CO.Cc1cccc2c(C3CCN(C(=O)Nc4cccc(CN5CC6CC(C5)C6Nc5cccc(-c6sc(C=O)c(OCC=O)c6Cl)c5)c4)CC3)ccc(N(C=O)C(C=O)CCC(=O)N(C)F)c12.OO. The first-order valence-corrected chi connectivity index (χ1v) is 26.5. The van der Waals surface area contributed by atoms with E-state index in [-0.39, 0.29) is 42.3 Å². The highest BCUT2D eigenvalue weighted by molar-refractivity contribution is 7.18. The Balaban J connectivity index is 0.00000144. The molecule has 3 aliphatic heterocycles. The zero-order chi connectivity index (χ0) is 56.5. The predicted molar refractivity (Wildman–Crippen MR) is 299 cm³/mol. The van der Waals surface area contributed by atoms with Gasteiger partial charge in [-0.3, -0.25) is 34.6 Å². The lowest BCUT2D eigenvalue weighted by Gasteiger charge is -2.54. The summed E-state index contributed by atoms with van der Waals surface area (Å²) in [5.41, 5.74) is 6.30. The van der Waals surface area contributed by atoms with Crippen LogP contribution in [0.15, 0.2) is 78.9 Å². The van der Waals surface area contributed by atoms with E-state index in [1.807, 2.05) is 106 Å². The van der Waals surface area contributed by atoms with E-state index in [9.17, 15) is 33.2 Å². The first-order valence-electron chi connectivity index (χ1n) is 25.3. The number of nitrogens with zero attached hydrogens (tertiary/aromatic N) is 4. The minimum Gasteiger partial charge on any atom is -0.483 e. The van der Waals surface area contributed by atoms with Gasteiger partial charge in [-0.25, -0.2) is 4.79 Å². The number of thiophene rings is 1. The number of urea groups is 1. The smallest absolute Gasteiger partial charge is 0.321 e. The van der Waals surface area contributed by atoms with Crippen molar-refractivity contribution in [2.24, 2.45) is 11.8 Å². The van der Waals surface area contributed by atoms with Crippen LogP contribution in [0.3, 0.4) is 0 Å². The molecule has 414 valence electrons. The van der Waals surface area contributed by atoms with Gasteiger partial charge in [-0.1, -0.05) is 92.3 Å². The molecule has 17 nitrogen and oxygen atoms in total. The fourth-order valence-corrected chi connectivity index (χ4v) is 11.4. The maximum absolute atomic E-state index is 13.6. The van der Waals surface area contributed by atoms with Gasteiger partial charge in [-0.15, -0.1) is 11.3 Å². The van der Waals surface area contributed by atoms with E-state index in [0.29, 0.717) is 76.7 Å². The minimum absolute atomic E-state index is 0.0167. The molecule has 4 fully saturated rings. The van der Waals surface area contributed by atoms with Crippen LogP contribution in [0.5, 0.6) is 5.75 Å². The van der Waals surface area contributed by atoms with E-state index in [1.54, 1.807) is 0 Å². The Morgan fingerprint density at radius 1 is 0.895 bits per heavy atom. The molecule has 4 aromatic carbocycles. The minimum atomic E-state index is -0.946. The van der Waals surface area contributed by atoms with Gasteiger partial charge in [-0.05, 0) is 108 Å². The highest BCUT2D eigenvalue weighted by Crippen LogP contribution is 2.47. The Kier molecular flexibility index (Phi) is 27.8. The van der Waals surface area contributed by atoms with Crippen LogP contribution in [0.25, 0.3) is 21.2 Å². The summed E-state index contributed by atoms with van der Waals surface area (Å²) in [5, 5.41) is 35.0. The Morgan fingerprint density at radius 3 is 2.16 bits per heavy atom. The lowest BCUT2D eigenvalue weighted by atomic mass is 9.66. The standard InChI is InChI=1S/C50H52ClFN6O7S.2C2H6.2CH4O.H2O2/c1-31-6-3-11-41-40(13-14-42(45(31)41)58(30-62)39(28-60)12-15-44(63)55(2)52)33-16-18-57(19-17-33)50(64)54-37-9-4-7-32(22-37)25-56-26-35-23-36(27-56)47(35)53-38-10-5-8-34(24-38)49-46(51)48(65-21-20-59)43(29-61)66-49;5*1-2/h3-11,13-14,20,22,24,28-30,33,35-36,39,47,53H,12,15-19,21,23,25-27H2,1-2H3,(H,54,64);2*1-2H3;2*2H,1H3;1-2H. The van der Waals surface area contributed by atoms with E-state index < -0.39 is 11.9 Å². The molecule has 5 aromatic rings. The number of hydrogen-bond donors (Lipinski definition) is 6. The fraction of sp³-hybridized carbons (Fsp3) is 0.429. The lowest BCUT2D eigenvalue weighted by Crippen LogP contribution is -2.60. The molecular weight excluding hydrogens is 1020 g/mol. The first kappa shape index (κ1) is 64.0. The summed E-state index contributed by atoms with van der Waals surface area (Å²) in [6, 6.07) is 25.0. The van der Waals surface area contributed by atoms with Crippen LogP contribution in [-0.4, -0.2) is 139 Å². The lowest BCUT2D eigenvalue weighted by molar-refractivity contribution is -0.176. The highest BCUT2D eigenvalue weighted by atomic mass is 35.5. The number of carbonyl (C=O) groups excluding carboxylic acids is 6. The second-order valence-corrected chi connectivity index (χ2v) is 18.9. The maximum atomic E-state index is 13.6. The summed E-state index contributed by atoms with van der Waals surface area (Å²) >= 11 is 7.86. The number of aliphatic hydroxyl groups is 2. The number of aryl methyl sites for hydroxylation is 1. The summed E-state index contributed by atoms with van der Waals surface area (Å²) in [4.78, 5) is 79.5. The van der Waals surface area contributed by atoms with Crippen molar-refractivity contribution in [3.63, 3.8) is 0 Å². The molecule has 4 aliphatic rings. The van der Waals surface area contributed by atoms with Crippen LogP contribution in [0.4, 0.5) is 26.3 Å². The zero-order valence-corrected chi connectivity index (χ0v) is 46.2. The average Bonchev–Trinajstić information content (AvgIpc) is 3.80. The summed E-state index contributed by atoms with van der Waals surface area (Å²) in [7, 11) is 3.00. The van der Waals surface area contributed by atoms with E-state index in [2.05, 4.69) is 27.7 Å². The van der Waals surface area contributed by atoms with Gasteiger partial charge < -0.3 is 40.2 Å². The van der Waals surface area contributed by atoms with Gasteiger partial charge in [0.2, 0.25) is 12.3 Å². The number of halogens is 2. The number of carbonyl (C=O) groups is 6. The summed E-state index contributed by atoms with van der Waals surface area (Å²) in [6.07, 6.45) is 4.93. The molecule has 20 heteroatoms. The van der Waals surface area contributed by atoms with E-state index in [4.69, 9.17) is 37.1 Å². The van der Waals surface area contributed by atoms with Crippen LogP contribution in [-0.2, 0) is 25.7 Å². The number of hydrogen-bond acceptors (Lipinski definition) is 14. The van der Waals surface area contributed by atoms with E-state index in [0.717, 1.165) is 105 Å². The van der Waals surface area contributed by atoms with Gasteiger partial charge in [-0.2, -0.15) is 5.12 Å². The number of ether oxygens (including phenoxy) is 1. The molecule has 4 amide bonds. The predicted octanol–water partition coefficient (Wildman–Crippen LogP) is 10.2. The zero-order valence-electron chi connectivity index (χ0n) is 44.6. The van der Waals surface area contributed by atoms with Gasteiger partial charge in [0.25, 0.3) is 0 Å². The monoisotopic (exact) mass is 1090 g/mol. The normalized spacial score (nSPS) is 16.7. The van der Waals surface area contributed by atoms with Gasteiger partial charge in [0.1, 0.15) is 22.8 Å². The number of amides is 4. The second kappa shape index (κ2) is 33.0. The number of anilines is 3. The summed E-state index contributed by atoms with van der Waals surface area (Å²) in [5.74, 6) is 0.582. The number of rotatable bonds is 18. The van der Waals surface area contributed by atoms with Crippen molar-refractivity contribution < 1.29 is 58.7 Å². The molecule has 3 saturated heterocycles. The molecule has 0 spiro atoms. The number of benzene rings is 4. The Hall–Kier alpha value is -6.32. The van der Waals surface area contributed by atoms with Gasteiger partial charge in [0, 0.05) is 83.2 Å². The third-order valence-electron chi connectivity index (χ3n) is 13.3. The molecule has 9 rings (SSSR count). The molecular formula is C56H74ClFN6O11S. The quantitative estimate of drug-likeness (QED) is 0.0208. The van der Waals surface area contributed by atoms with Crippen LogP contribution in [0, 0.1) is 18.8 Å². The Labute approximate surface area is 454 Å². The Bertz CT molecular complexity index is 2640. The van der Waals surface area contributed by atoms with Crippen molar-refractivity contribution in [3.8, 4) is 16.2 Å². The van der Waals surface area contributed by atoms with Crippen molar-refractivity contribution in [3.05, 3.63) is 105 Å².